The lowest BCUT2D eigenvalue weighted by Crippen LogP contribution is -2.23. The van der Waals surface area contributed by atoms with Crippen LogP contribution >= 0.6 is 0 Å². The minimum Gasteiger partial charge on any atom is -0.496 e. The molecule has 0 unspecified atom stereocenters. The molecule has 29 heavy (non-hydrogen) atoms. The molecule has 1 aliphatic heterocycles. The Morgan fingerprint density at radius 1 is 1.07 bits per heavy atom. The summed E-state index contributed by atoms with van der Waals surface area (Å²) in [4.78, 5) is 7.31. The van der Waals surface area contributed by atoms with E-state index in [2.05, 4.69) is 23.1 Å². The highest BCUT2D eigenvalue weighted by Crippen LogP contribution is 2.38. The van der Waals surface area contributed by atoms with Crippen molar-refractivity contribution in [3.05, 3.63) is 65.0 Å². The molecular formula is C24H28N2O3. The number of para-hydroxylation sites is 1. The molecule has 5 heteroatoms. The Hall–Kier alpha value is -2.79. The van der Waals surface area contributed by atoms with Crippen molar-refractivity contribution in [2.45, 2.75) is 39.3 Å². The normalized spacial score (nSPS) is 16.9. The Kier molecular flexibility index (Phi) is 5.58. The zero-order chi connectivity index (χ0) is 20.4. The van der Waals surface area contributed by atoms with E-state index in [1.807, 2.05) is 38.1 Å². The first-order chi connectivity index (χ1) is 14.1. The average molecular weight is 392 g/mol. The Balaban J connectivity index is 1.57. The zero-order valence-electron chi connectivity index (χ0n) is 17.6. The summed E-state index contributed by atoms with van der Waals surface area (Å²) in [5.41, 5.74) is 4.29. The molecule has 1 aliphatic rings. The first-order valence-corrected chi connectivity index (χ1v) is 10.1. The van der Waals surface area contributed by atoms with Crippen molar-refractivity contribution >= 4 is 0 Å². The Labute approximate surface area is 172 Å². The van der Waals surface area contributed by atoms with E-state index in [0.717, 1.165) is 53.6 Å². The van der Waals surface area contributed by atoms with Gasteiger partial charge in [-0.25, -0.2) is 4.98 Å². The number of aryl methyl sites for hydroxylation is 2. The van der Waals surface area contributed by atoms with E-state index < -0.39 is 0 Å². The maximum Gasteiger partial charge on any atom is 0.226 e. The van der Waals surface area contributed by atoms with E-state index in [4.69, 9.17) is 18.9 Å². The van der Waals surface area contributed by atoms with E-state index in [1.165, 1.54) is 12.0 Å². The highest BCUT2D eigenvalue weighted by atomic mass is 16.5. The first-order valence-electron chi connectivity index (χ1n) is 10.1. The van der Waals surface area contributed by atoms with E-state index >= 15 is 0 Å². The lowest BCUT2D eigenvalue weighted by atomic mass is 10.0. The Morgan fingerprint density at radius 3 is 2.62 bits per heavy atom. The van der Waals surface area contributed by atoms with Crippen molar-refractivity contribution in [2.75, 3.05) is 20.8 Å². The van der Waals surface area contributed by atoms with Crippen LogP contribution in [0.4, 0.5) is 0 Å². The molecule has 2 aromatic carbocycles. The molecule has 0 saturated carbocycles. The number of ether oxygens (including phenoxy) is 2. The number of rotatable bonds is 6. The van der Waals surface area contributed by atoms with Crippen molar-refractivity contribution in [3.63, 3.8) is 0 Å². The van der Waals surface area contributed by atoms with E-state index in [1.54, 1.807) is 14.2 Å². The summed E-state index contributed by atoms with van der Waals surface area (Å²) in [5.74, 6) is 3.36. The fraction of sp³-hybridized carbons (Fsp3) is 0.375. The van der Waals surface area contributed by atoms with Crippen LogP contribution in [0.25, 0.3) is 11.5 Å². The van der Waals surface area contributed by atoms with E-state index in [0.29, 0.717) is 11.9 Å². The average Bonchev–Trinajstić information content (AvgIpc) is 3.35. The van der Waals surface area contributed by atoms with Gasteiger partial charge in [0.2, 0.25) is 5.89 Å². The predicted octanol–water partition coefficient (Wildman–Crippen LogP) is 5.31. The van der Waals surface area contributed by atoms with Gasteiger partial charge in [0.25, 0.3) is 0 Å². The fourth-order valence-corrected chi connectivity index (χ4v) is 4.21. The van der Waals surface area contributed by atoms with Gasteiger partial charge in [-0.05, 0) is 63.1 Å². The van der Waals surface area contributed by atoms with E-state index in [9.17, 15) is 0 Å². The number of nitrogens with zero attached hydrogens (tertiary/aromatic N) is 2. The first kappa shape index (κ1) is 19.5. The van der Waals surface area contributed by atoms with Gasteiger partial charge in [-0.2, -0.15) is 0 Å². The van der Waals surface area contributed by atoms with Crippen LogP contribution < -0.4 is 9.47 Å². The molecule has 0 bridgehead atoms. The number of hydrogen-bond donors (Lipinski definition) is 0. The Bertz CT molecular complexity index is 996. The third kappa shape index (κ3) is 3.87. The number of oxazole rings is 1. The summed E-state index contributed by atoms with van der Waals surface area (Å²) in [6.07, 6.45) is 2.30. The Morgan fingerprint density at radius 2 is 1.86 bits per heavy atom. The van der Waals surface area contributed by atoms with Crippen LogP contribution in [0.3, 0.4) is 0 Å². The van der Waals surface area contributed by atoms with Gasteiger partial charge in [0, 0.05) is 23.7 Å². The summed E-state index contributed by atoms with van der Waals surface area (Å²) in [7, 11) is 3.42. The molecule has 0 aliphatic carbocycles. The highest BCUT2D eigenvalue weighted by Gasteiger charge is 2.29. The molecule has 5 nitrogen and oxygen atoms in total. The number of likely N-dealkylation sites (tertiary alicyclic amines) is 1. The quantitative estimate of drug-likeness (QED) is 0.569. The molecule has 1 fully saturated rings. The number of methoxy groups -OCH3 is 2. The summed E-state index contributed by atoms with van der Waals surface area (Å²) in [6.45, 7) is 5.84. The molecule has 3 aromatic rings. The second kappa shape index (κ2) is 8.29. The summed E-state index contributed by atoms with van der Waals surface area (Å²) >= 11 is 0. The van der Waals surface area contributed by atoms with Crippen LogP contribution in [-0.4, -0.2) is 30.6 Å². The maximum atomic E-state index is 6.02. The van der Waals surface area contributed by atoms with Crippen LogP contribution in [0.2, 0.25) is 0 Å². The molecule has 2 heterocycles. The molecule has 0 N–H and O–H groups in total. The predicted molar refractivity (Wildman–Crippen MR) is 113 cm³/mol. The van der Waals surface area contributed by atoms with Gasteiger partial charge >= 0.3 is 0 Å². The summed E-state index contributed by atoms with van der Waals surface area (Å²) < 4.78 is 17.0. The van der Waals surface area contributed by atoms with Crippen molar-refractivity contribution in [1.29, 1.82) is 0 Å². The van der Waals surface area contributed by atoms with Gasteiger partial charge in [0.05, 0.1) is 19.9 Å². The molecule has 4 rings (SSSR count). The van der Waals surface area contributed by atoms with E-state index in [-0.39, 0.29) is 0 Å². The van der Waals surface area contributed by atoms with Crippen LogP contribution in [0.1, 0.15) is 41.5 Å². The van der Waals surface area contributed by atoms with Crippen LogP contribution in [0, 0.1) is 13.8 Å². The van der Waals surface area contributed by atoms with Gasteiger partial charge in [0.1, 0.15) is 17.3 Å². The van der Waals surface area contributed by atoms with Gasteiger partial charge < -0.3 is 13.9 Å². The van der Waals surface area contributed by atoms with Gasteiger partial charge in [0.15, 0.2) is 0 Å². The second-order valence-corrected chi connectivity index (χ2v) is 7.58. The molecule has 0 spiro atoms. The van der Waals surface area contributed by atoms with Gasteiger partial charge in [-0.15, -0.1) is 0 Å². The minimum atomic E-state index is 0.342. The molecule has 0 amide bonds. The zero-order valence-corrected chi connectivity index (χ0v) is 17.6. The van der Waals surface area contributed by atoms with Gasteiger partial charge in [-0.3, -0.25) is 4.90 Å². The third-order valence-electron chi connectivity index (χ3n) is 5.75. The molecule has 1 saturated heterocycles. The fourth-order valence-electron chi connectivity index (χ4n) is 4.21. The van der Waals surface area contributed by atoms with Gasteiger partial charge in [-0.1, -0.05) is 18.2 Å². The number of aromatic nitrogens is 1. The number of benzene rings is 2. The molecular weight excluding hydrogens is 364 g/mol. The third-order valence-corrected chi connectivity index (χ3v) is 5.75. The lowest BCUT2D eigenvalue weighted by Gasteiger charge is -2.25. The second-order valence-electron chi connectivity index (χ2n) is 7.58. The molecule has 0 radical (unpaired) electrons. The molecule has 152 valence electrons. The number of hydrogen-bond acceptors (Lipinski definition) is 5. The smallest absolute Gasteiger partial charge is 0.226 e. The van der Waals surface area contributed by atoms with Crippen molar-refractivity contribution in [2.24, 2.45) is 0 Å². The lowest BCUT2D eigenvalue weighted by molar-refractivity contribution is 0.239. The summed E-state index contributed by atoms with van der Waals surface area (Å²) in [6, 6.07) is 14.7. The SMILES string of the molecule is COc1ccc(-c2nc(CN3CCC[C@@H]3c3ccccc3OC)c(C)o2)cc1C. The summed E-state index contributed by atoms with van der Waals surface area (Å²) in [5, 5.41) is 0. The van der Waals surface area contributed by atoms with Crippen LogP contribution in [0.15, 0.2) is 46.9 Å². The maximum absolute atomic E-state index is 6.02. The van der Waals surface area contributed by atoms with Crippen molar-refractivity contribution in [1.82, 2.24) is 9.88 Å². The van der Waals surface area contributed by atoms with Crippen LogP contribution in [-0.2, 0) is 6.54 Å². The van der Waals surface area contributed by atoms with Crippen LogP contribution in [0.5, 0.6) is 11.5 Å². The standard InChI is InChI=1S/C24H28N2O3/c1-16-14-18(11-12-22(16)27-3)24-25-20(17(2)29-24)15-26-13-7-9-21(26)19-8-5-6-10-23(19)28-4/h5-6,8,10-12,14,21H,7,9,13,15H2,1-4H3/t21-/m1/s1. The molecule has 1 aromatic heterocycles. The molecule has 1 atom stereocenters. The largest absolute Gasteiger partial charge is 0.496 e. The monoisotopic (exact) mass is 392 g/mol. The van der Waals surface area contributed by atoms with Crippen molar-refractivity contribution in [3.8, 4) is 23.0 Å². The highest BCUT2D eigenvalue weighted by molar-refractivity contribution is 5.57. The topological polar surface area (TPSA) is 47.7 Å². The van der Waals surface area contributed by atoms with Crippen molar-refractivity contribution < 1.29 is 13.9 Å². The minimum absolute atomic E-state index is 0.342.